The van der Waals surface area contributed by atoms with Gasteiger partial charge < -0.3 is 15.3 Å². The molecule has 33 heavy (non-hydrogen) atoms. The van der Waals surface area contributed by atoms with Crippen LogP contribution in [0, 0.1) is 0 Å². The summed E-state index contributed by atoms with van der Waals surface area (Å²) in [6, 6.07) is 4.66. The van der Waals surface area contributed by atoms with Crippen molar-refractivity contribution in [3.05, 3.63) is 45.1 Å². The maximum atomic E-state index is 13.1. The van der Waals surface area contributed by atoms with Crippen LogP contribution in [0.15, 0.2) is 28.5 Å². The van der Waals surface area contributed by atoms with Crippen molar-refractivity contribution in [2.75, 3.05) is 30.9 Å². The molecular weight excluding hydrogens is 462 g/mol. The number of hydrogen-bond donors (Lipinski definition) is 3. The largest absolute Gasteiger partial charge is 0.478 e. The lowest BCUT2D eigenvalue weighted by atomic mass is 9.87. The van der Waals surface area contributed by atoms with Crippen molar-refractivity contribution < 1.29 is 23.1 Å². The Hall–Kier alpha value is -2.43. The first-order valence-electron chi connectivity index (χ1n) is 11.3. The van der Waals surface area contributed by atoms with Crippen molar-refractivity contribution in [1.82, 2.24) is 10.2 Å². The lowest BCUT2D eigenvalue weighted by molar-refractivity contribution is 0.0696. The highest BCUT2D eigenvalue weighted by atomic mass is 32.2. The number of nitrogens with zero attached hydrogens (tertiary/aromatic N) is 1. The molecule has 0 atom stereocenters. The highest BCUT2D eigenvalue weighted by Crippen LogP contribution is 2.32. The van der Waals surface area contributed by atoms with Crippen molar-refractivity contribution in [2.24, 2.45) is 0 Å². The lowest BCUT2D eigenvalue weighted by Gasteiger charge is -2.21. The maximum Gasteiger partial charge on any atom is 0.338 e. The number of anilines is 1. The molecule has 3 N–H and O–H groups in total. The number of amides is 1. The number of aryl methyl sites for hydroxylation is 1. The minimum atomic E-state index is -4.15. The molecule has 0 spiro atoms. The Labute approximate surface area is 199 Å². The first kappa shape index (κ1) is 25.2. The van der Waals surface area contributed by atoms with E-state index < -0.39 is 21.9 Å². The standard InChI is InChI=1S/C23H31N3O5S2/c1-3-26(4-2)14-7-13-24-22(27)21-19(12-15-32-21)33(30,31)25-18-11-10-16-8-5-6-9-17(16)20(18)23(28)29/h10-12,15,25H,3-9,13-14H2,1-2H3,(H,24,27)(H,28,29). The molecule has 0 aliphatic heterocycles. The number of rotatable bonds is 11. The molecule has 1 aromatic heterocycles. The normalized spacial score (nSPS) is 13.5. The second-order valence-electron chi connectivity index (χ2n) is 7.99. The number of aromatic carboxylic acids is 1. The van der Waals surface area contributed by atoms with Gasteiger partial charge in [0.25, 0.3) is 15.9 Å². The smallest absolute Gasteiger partial charge is 0.338 e. The highest BCUT2D eigenvalue weighted by Gasteiger charge is 2.28. The fourth-order valence-corrected chi connectivity index (χ4v) is 6.57. The van der Waals surface area contributed by atoms with Gasteiger partial charge >= 0.3 is 5.97 Å². The van der Waals surface area contributed by atoms with Gasteiger partial charge in [-0.2, -0.15) is 0 Å². The zero-order valence-corrected chi connectivity index (χ0v) is 20.7. The van der Waals surface area contributed by atoms with Crippen LogP contribution in [-0.2, 0) is 22.9 Å². The van der Waals surface area contributed by atoms with Crippen LogP contribution >= 0.6 is 11.3 Å². The van der Waals surface area contributed by atoms with Gasteiger partial charge in [-0.25, -0.2) is 13.2 Å². The van der Waals surface area contributed by atoms with Crippen LogP contribution in [0.25, 0.3) is 0 Å². The molecule has 0 unspecified atom stereocenters. The van der Waals surface area contributed by atoms with Gasteiger partial charge in [-0.15, -0.1) is 11.3 Å². The Balaban J connectivity index is 1.77. The lowest BCUT2D eigenvalue weighted by Crippen LogP contribution is -2.30. The number of sulfonamides is 1. The first-order chi connectivity index (χ1) is 15.8. The summed E-state index contributed by atoms with van der Waals surface area (Å²) < 4.78 is 28.7. The monoisotopic (exact) mass is 493 g/mol. The molecule has 3 rings (SSSR count). The average molecular weight is 494 g/mol. The third kappa shape index (κ3) is 5.93. The van der Waals surface area contributed by atoms with E-state index >= 15 is 0 Å². The molecule has 0 bridgehead atoms. The summed E-state index contributed by atoms with van der Waals surface area (Å²) in [5.74, 6) is -1.61. The average Bonchev–Trinajstić information content (AvgIpc) is 3.30. The second kappa shape index (κ2) is 11.1. The van der Waals surface area contributed by atoms with E-state index in [1.165, 1.54) is 12.1 Å². The molecule has 0 radical (unpaired) electrons. The summed E-state index contributed by atoms with van der Waals surface area (Å²) >= 11 is 1.04. The van der Waals surface area contributed by atoms with Crippen molar-refractivity contribution >= 4 is 38.9 Å². The third-order valence-electron chi connectivity index (χ3n) is 5.95. The topological polar surface area (TPSA) is 116 Å². The van der Waals surface area contributed by atoms with E-state index in [-0.39, 0.29) is 21.0 Å². The van der Waals surface area contributed by atoms with Gasteiger partial charge in [-0.3, -0.25) is 9.52 Å². The van der Waals surface area contributed by atoms with Gasteiger partial charge in [0.05, 0.1) is 11.3 Å². The number of thiophene rings is 1. The van der Waals surface area contributed by atoms with E-state index in [0.29, 0.717) is 18.5 Å². The van der Waals surface area contributed by atoms with E-state index in [9.17, 15) is 23.1 Å². The first-order valence-corrected chi connectivity index (χ1v) is 13.6. The Morgan fingerprint density at radius 2 is 1.85 bits per heavy atom. The number of fused-ring (bicyclic) bond motifs is 1. The van der Waals surface area contributed by atoms with Crippen molar-refractivity contribution in [2.45, 2.75) is 50.8 Å². The van der Waals surface area contributed by atoms with Gasteiger partial charge in [0.2, 0.25) is 0 Å². The Kier molecular flexibility index (Phi) is 8.50. The summed E-state index contributed by atoms with van der Waals surface area (Å²) in [6.07, 6.45) is 4.00. The van der Waals surface area contributed by atoms with E-state index in [0.717, 1.165) is 62.2 Å². The van der Waals surface area contributed by atoms with Crippen molar-refractivity contribution in [3.8, 4) is 0 Å². The van der Waals surface area contributed by atoms with Crippen LogP contribution in [0.5, 0.6) is 0 Å². The number of benzene rings is 1. The van der Waals surface area contributed by atoms with Gasteiger partial charge in [-0.1, -0.05) is 19.9 Å². The SMILES string of the molecule is CCN(CC)CCCNC(=O)c1sccc1S(=O)(=O)Nc1ccc2c(c1C(=O)O)CCCC2. The van der Waals surface area contributed by atoms with Crippen molar-refractivity contribution in [1.29, 1.82) is 0 Å². The third-order valence-corrected chi connectivity index (χ3v) is 8.40. The summed E-state index contributed by atoms with van der Waals surface area (Å²) in [5.41, 5.74) is 1.65. The minimum absolute atomic E-state index is 0.00610. The van der Waals surface area contributed by atoms with Crippen LogP contribution in [-0.4, -0.2) is 56.5 Å². The number of carbonyl (C=O) groups excluding carboxylic acids is 1. The molecule has 1 aliphatic rings. The molecule has 1 aromatic carbocycles. The van der Waals surface area contributed by atoms with Crippen LogP contribution in [0.4, 0.5) is 5.69 Å². The van der Waals surface area contributed by atoms with Crippen LogP contribution in [0.2, 0.25) is 0 Å². The van der Waals surface area contributed by atoms with E-state index in [4.69, 9.17) is 0 Å². The number of carboxylic acids is 1. The fraction of sp³-hybridized carbons (Fsp3) is 0.478. The van der Waals surface area contributed by atoms with Crippen LogP contribution in [0.1, 0.15) is 64.3 Å². The predicted molar refractivity (Wildman–Crippen MR) is 130 cm³/mol. The fourth-order valence-electron chi connectivity index (χ4n) is 4.16. The van der Waals surface area contributed by atoms with E-state index in [1.54, 1.807) is 11.4 Å². The molecule has 180 valence electrons. The molecular formula is C23H31N3O5S2. The molecule has 8 nitrogen and oxygen atoms in total. The summed E-state index contributed by atoms with van der Waals surface area (Å²) in [6.45, 7) is 7.32. The minimum Gasteiger partial charge on any atom is -0.478 e. The molecule has 10 heteroatoms. The van der Waals surface area contributed by atoms with Crippen LogP contribution < -0.4 is 10.0 Å². The number of carboxylic acid groups (broad SMARTS) is 1. The number of carbonyl (C=O) groups is 2. The van der Waals surface area contributed by atoms with Crippen molar-refractivity contribution in [3.63, 3.8) is 0 Å². The molecule has 0 saturated carbocycles. The zero-order chi connectivity index (χ0) is 24.0. The summed E-state index contributed by atoms with van der Waals surface area (Å²) in [5, 5.41) is 14.1. The van der Waals surface area contributed by atoms with Crippen LogP contribution in [0.3, 0.4) is 0 Å². The van der Waals surface area contributed by atoms with Gasteiger partial charge in [-0.05, 0) is 80.4 Å². The summed E-state index contributed by atoms with van der Waals surface area (Å²) in [7, 11) is -4.15. The Bertz CT molecular complexity index is 1110. The highest BCUT2D eigenvalue weighted by molar-refractivity contribution is 7.93. The molecule has 2 aromatic rings. The number of hydrogen-bond acceptors (Lipinski definition) is 6. The van der Waals surface area contributed by atoms with Gasteiger partial charge in [0, 0.05) is 6.54 Å². The predicted octanol–water partition coefficient (Wildman–Crippen LogP) is 3.59. The Morgan fingerprint density at radius 1 is 1.12 bits per heavy atom. The van der Waals surface area contributed by atoms with E-state index in [1.807, 2.05) is 0 Å². The van der Waals surface area contributed by atoms with Gasteiger partial charge in [0.15, 0.2) is 0 Å². The zero-order valence-electron chi connectivity index (χ0n) is 19.0. The molecule has 1 heterocycles. The Morgan fingerprint density at radius 3 is 2.55 bits per heavy atom. The van der Waals surface area contributed by atoms with Gasteiger partial charge in [0.1, 0.15) is 9.77 Å². The van der Waals surface area contributed by atoms with E-state index in [2.05, 4.69) is 28.8 Å². The second-order valence-corrected chi connectivity index (χ2v) is 10.6. The quantitative estimate of drug-likeness (QED) is 0.412. The summed E-state index contributed by atoms with van der Waals surface area (Å²) in [4.78, 5) is 26.8. The molecule has 1 amide bonds. The maximum absolute atomic E-state index is 13.1. The molecule has 0 saturated heterocycles. The molecule has 1 aliphatic carbocycles. The number of nitrogens with one attached hydrogen (secondary N) is 2. The molecule has 0 fully saturated rings.